The lowest BCUT2D eigenvalue weighted by Crippen LogP contribution is -2.34. The first-order chi connectivity index (χ1) is 13.5. The number of esters is 1. The van der Waals surface area contributed by atoms with Crippen LogP contribution in [0, 0.1) is 11.8 Å². The molecule has 1 saturated heterocycles. The zero-order chi connectivity index (χ0) is 20.3. The van der Waals surface area contributed by atoms with Crippen LogP contribution in [0.2, 0.25) is 0 Å². The van der Waals surface area contributed by atoms with Gasteiger partial charge >= 0.3 is 5.97 Å². The maximum absolute atomic E-state index is 12.5. The van der Waals surface area contributed by atoms with Gasteiger partial charge in [0.2, 0.25) is 17.7 Å². The zero-order valence-electron chi connectivity index (χ0n) is 16.0. The Bertz CT molecular complexity index is 782. The van der Waals surface area contributed by atoms with Crippen molar-refractivity contribution in [3.05, 3.63) is 23.8 Å². The summed E-state index contributed by atoms with van der Waals surface area (Å²) >= 11 is 0. The molecule has 0 spiro atoms. The van der Waals surface area contributed by atoms with E-state index in [0.717, 1.165) is 25.7 Å². The Hall–Kier alpha value is -2.90. The van der Waals surface area contributed by atoms with E-state index in [0.29, 0.717) is 5.75 Å². The number of carbonyl (C=O) groups excluding carboxylic acids is 4. The molecule has 1 aromatic carbocycles. The van der Waals surface area contributed by atoms with Crippen molar-refractivity contribution in [2.75, 3.05) is 26.1 Å². The quantitative estimate of drug-likeness (QED) is 0.591. The second-order valence-corrected chi connectivity index (χ2v) is 7.03. The molecule has 3 rings (SSSR count). The van der Waals surface area contributed by atoms with Gasteiger partial charge in [-0.3, -0.25) is 19.3 Å². The molecule has 1 aliphatic heterocycles. The number of carbonyl (C=O) groups is 4. The molecular weight excluding hydrogens is 364 g/mol. The SMILES string of the molecule is COC(=O)c1cc(OC)ccc1NC(=O)CCN1C(=O)C2CCCCC2C1=O. The van der Waals surface area contributed by atoms with Crippen molar-refractivity contribution in [2.24, 2.45) is 11.8 Å². The minimum atomic E-state index is -0.608. The molecule has 2 aliphatic rings. The second kappa shape index (κ2) is 8.41. The number of benzene rings is 1. The number of fused-ring (bicyclic) bond motifs is 1. The minimum Gasteiger partial charge on any atom is -0.497 e. The van der Waals surface area contributed by atoms with Gasteiger partial charge in [-0.2, -0.15) is 0 Å². The Labute approximate surface area is 163 Å². The van der Waals surface area contributed by atoms with Crippen molar-refractivity contribution in [3.63, 3.8) is 0 Å². The summed E-state index contributed by atoms with van der Waals surface area (Å²) in [6.07, 6.45) is 3.37. The van der Waals surface area contributed by atoms with E-state index in [1.54, 1.807) is 12.1 Å². The first kappa shape index (κ1) is 19.9. The van der Waals surface area contributed by atoms with Crippen molar-refractivity contribution in [1.29, 1.82) is 0 Å². The fourth-order valence-electron chi connectivity index (χ4n) is 3.92. The van der Waals surface area contributed by atoms with Crippen LogP contribution in [-0.2, 0) is 19.1 Å². The molecule has 2 fully saturated rings. The van der Waals surface area contributed by atoms with Crippen LogP contribution in [0.3, 0.4) is 0 Å². The standard InChI is InChI=1S/C20H24N2O6/c1-27-12-7-8-16(15(11-12)20(26)28-2)21-17(23)9-10-22-18(24)13-5-3-4-6-14(13)19(22)25/h7-8,11,13-14H,3-6,9-10H2,1-2H3,(H,21,23). The number of amides is 3. The van der Waals surface area contributed by atoms with Crippen molar-refractivity contribution in [1.82, 2.24) is 4.90 Å². The summed E-state index contributed by atoms with van der Waals surface area (Å²) in [5.74, 6) is -1.33. The van der Waals surface area contributed by atoms with Crippen LogP contribution in [0.5, 0.6) is 5.75 Å². The van der Waals surface area contributed by atoms with Gasteiger partial charge in [0.05, 0.1) is 37.3 Å². The van der Waals surface area contributed by atoms with Gasteiger partial charge in [-0.15, -0.1) is 0 Å². The summed E-state index contributed by atoms with van der Waals surface area (Å²) < 4.78 is 9.83. The molecule has 2 unspecified atom stereocenters. The summed E-state index contributed by atoms with van der Waals surface area (Å²) in [6.45, 7) is 0.0419. The lowest BCUT2D eigenvalue weighted by molar-refractivity contribution is -0.140. The van der Waals surface area contributed by atoms with Crippen LogP contribution >= 0.6 is 0 Å². The summed E-state index contributed by atoms with van der Waals surface area (Å²) in [5.41, 5.74) is 0.444. The highest BCUT2D eigenvalue weighted by Gasteiger charge is 2.47. The summed E-state index contributed by atoms with van der Waals surface area (Å²) in [7, 11) is 2.72. The third-order valence-electron chi connectivity index (χ3n) is 5.40. The molecule has 8 nitrogen and oxygen atoms in total. The van der Waals surface area contributed by atoms with Crippen molar-refractivity contribution < 1.29 is 28.7 Å². The molecule has 8 heteroatoms. The molecule has 1 saturated carbocycles. The number of nitrogens with one attached hydrogen (secondary N) is 1. The molecule has 0 radical (unpaired) electrons. The molecule has 1 N–H and O–H groups in total. The van der Waals surface area contributed by atoms with Crippen LogP contribution in [0.15, 0.2) is 18.2 Å². The Balaban J connectivity index is 1.64. The molecular formula is C20H24N2O6. The lowest BCUT2D eigenvalue weighted by Gasteiger charge is -2.19. The van der Waals surface area contributed by atoms with Gasteiger partial charge in [0.15, 0.2) is 0 Å². The average molecular weight is 388 g/mol. The molecule has 150 valence electrons. The number of hydrogen-bond donors (Lipinski definition) is 1. The van der Waals surface area contributed by atoms with E-state index >= 15 is 0 Å². The van der Waals surface area contributed by atoms with E-state index < -0.39 is 11.9 Å². The van der Waals surface area contributed by atoms with Gasteiger partial charge in [-0.05, 0) is 31.0 Å². The van der Waals surface area contributed by atoms with Crippen LogP contribution in [0.4, 0.5) is 5.69 Å². The van der Waals surface area contributed by atoms with Crippen LogP contribution < -0.4 is 10.1 Å². The molecule has 0 aromatic heterocycles. The number of hydrogen-bond acceptors (Lipinski definition) is 6. The average Bonchev–Trinajstić information content (AvgIpc) is 2.96. The molecule has 1 aromatic rings. The highest BCUT2D eigenvalue weighted by Crippen LogP contribution is 2.38. The highest BCUT2D eigenvalue weighted by atomic mass is 16.5. The highest BCUT2D eigenvalue weighted by molar-refractivity contribution is 6.06. The van der Waals surface area contributed by atoms with E-state index in [9.17, 15) is 19.2 Å². The summed E-state index contributed by atoms with van der Waals surface area (Å²) in [5, 5.41) is 2.65. The lowest BCUT2D eigenvalue weighted by atomic mass is 9.81. The largest absolute Gasteiger partial charge is 0.497 e. The maximum Gasteiger partial charge on any atom is 0.340 e. The fraction of sp³-hybridized carbons (Fsp3) is 0.500. The second-order valence-electron chi connectivity index (χ2n) is 7.03. The number of imide groups is 1. The van der Waals surface area contributed by atoms with E-state index in [1.165, 1.54) is 25.2 Å². The molecule has 1 aliphatic carbocycles. The number of anilines is 1. The van der Waals surface area contributed by atoms with Crippen LogP contribution in [-0.4, -0.2) is 49.4 Å². The Morgan fingerprint density at radius 1 is 1.11 bits per heavy atom. The first-order valence-corrected chi connectivity index (χ1v) is 9.37. The van der Waals surface area contributed by atoms with Crippen molar-refractivity contribution >= 4 is 29.4 Å². The molecule has 0 bridgehead atoms. The fourth-order valence-corrected chi connectivity index (χ4v) is 3.92. The Morgan fingerprint density at radius 3 is 2.32 bits per heavy atom. The number of nitrogens with zero attached hydrogens (tertiary/aromatic N) is 1. The van der Waals surface area contributed by atoms with E-state index in [2.05, 4.69) is 5.32 Å². The summed E-state index contributed by atoms with van der Waals surface area (Å²) in [4.78, 5) is 50.5. The van der Waals surface area contributed by atoms with E-state index in [1.807, 2.05) is 0 Å². The number of rotatable bonds is 6. The topological polar surface area (TPSA) is 102 Å². The van der Waals surface area contributed by atoms with Crippen molar-refractivity contribution in [3.8, 4) is 5.75 Å². The number of methoxy groups -OCH3 is 2. The smallest absolute Gasteiger partial charge is 0.340 e. The predicted molar refractivity (Wildman–Crippen MR) is 99.7 cm³/mol. The molecule has 2 atom stereocenters. The van der Waals surface area contributed by atoms with E-state index in [-0.39, 0.29) is 47.9 Å². The predicted octanol–water partition coefficient (Wildman–Crippen LogP) is 1.99. The third-order valence-corrected chi connectivity index (χ3v) is 5.40. The van der Waals surface area contributed by atoms with E-state index in [4.69, 9.17) is 9.47 Å². The Kier molecular flexibility index (Phi) is 5.96. The molecule has 3 amide bonds. The van der Waals surface area contributed by atoms with Gasteiger partial charge in [0.25, 0.3) is 0 Å². The van der Waals surface area contributed by atoms with Crippen molar-refractivity contribution in [2.45, 2.75) is 32.1 Å². The van der Waals surface area contributed by atoms with Gasteiger partial charge in [0, 0.05) is 13.0 Å². The van der Waals surface area contributed by atoms with Gasteiger partial charge in [-0.1, -0.05) is 12.8 Å². The number of ether oxygens (including phenoxy) is 2. The molecule has 28 heavy (non-hydrogen) atoms. The third kappa shape index (κ3) is 3.85. The van der Waals surface area contributed by atoms with Gasteiger partial charge in [-0.25, -0.2) is 4.79 Å². The zero-order valence-corrected chi connectivity index (χ0v) is 16.0. The van der Waals surface area contributed by atoms with Crippen LogP contribution in [0.25, 0.3) is 0 Å². The van der Waals surface area contributed by atoms with Gasteiger partial charge in [0.1, 0.15) is 5.75 Å². The normalized spacial score (nSPS) is 21.3. The Morgan fingerprint density at radius 2 is 1.75 bits per heavy atom. The number of likely N-dealkylation sites (tertiary alicyclic amines) is 1. The van der Waals surface area contributed by atoms with Crippen LogP contribution in [0.1, 0.15) is 42.5 Å². The minimum absolute atomic E-state index is 0.0381. The first-order valence-electron chi connectivity index (χ1n) is 9.37. The maximum atomic E-state index is 12.5. The monoisotopic (exact) mass is 388 g/mol. The summed E-state index contributed by atoms with van der Waals surface area (Å²) in [6, 6.07) is 4.63. The molecule has 1 heterocycles. The van der Waals surface area contributed by atoms with Gasteiger partial charge < -0.3 is 14.8 Å².